The number of aromatic nitrogens is 2. The molecule has 2 aromatic rings. The topological polar surface area (TPSA) is 55.1 Å². The minimum Gasteiger partial charge on any atom is -0.481 e. The van der Waals surface area contributed by atoms with E-state index < -0.39 is 11.9 Å². The Morgan fingerprint density at radius 1 is 1.41 bits per heavy atom. The van der Waals surface area contributed by atoms with E-state index in [2.05, 4.69) is 5.10 Å². The monoisotopic (exact) mass is 230 g/mol. The van der Waals surface area contributed by atoms with Gasteiger partial charge in [-0.25, -0.2) is 4.68 Å². The number of para-hydroxylation sites is 1. The van der Waals surface area contributed by atoms with Crippen LogP contribution in [0.15, 0.2) is 42.7 Å². The van der Waals surface area contributed by atoms with Crippen molar-refractivity contribution in [2.75, 3.05) is 0 Å². The fourth-order valence-corrected chi connectivity index (χ4v) is 1.93. The van der Waals surface area contributed by atoms with Crippen molar-refractivity contribution < 1.29 is 9.90 Å². The molecule has 88 valence electrons. The van der Waals surface area contributed by atoms with Gasteiger partial charge in [0.1, 0.15) is 0 Å². The molecular formula is C13H14N2O2. The first-order chi connectivity index (χ1) is 8.24. The summed E-state index contributed by atoms with van der Waals surface area (Å²) in [6.07, 6.45) is 4.06. The van der Waals surface area contributed by atoms with Crippen LogP contribution in [0.1, 0.15) is 24.8 Å². The Morgan fingerprint density at radius 3 is 2.76 bits per heavy atom. The lowest BCUT2D eigenvalue weighted by Crippen LogP contribution is -2.13. The Labute approximate surface area is 99.5 Å². The summed E-state index contributed by atoms with van der Waals surface area (Å²) in [6, 6.07) is 9.29. The summed E-state index contributed by atoms with van der Waals surface area (Å²) in [6.45, 7) is 1.87. The second-order valence-corrected chi connectivity index (χ2v) is 3.81. The van der Waals surface area contributed by atoms with Crippen molar-refractivity contribution in [2.24, 2.45) is 0 Å². The fraction of sp³-hybridized carbons (Fsp3) is 0.231. The van der Waals surface area contributed by atoms with Crippen LogP contribution in [0.2, 0.25) is 0 Å². The average molecular weight is 230 g/mol. The third-order valence-electron chi connectivity index (χ3n) is 2.77. The average Bonchev–Trinajstić information content (AvgIpc) is 2.83. The number of hydrogen-bond donors (Lipinski definition) is 1. The Bertz CT molecular complexity index is 506. The molecule has 0 aliphatic heterocycles. The normalized spacial score (nSPS) is 12.3. The first kappa shape index (κ1) is 11.4. The number of carboxylic acids is 1. The van der Waals surface area contributed by atoms with Crippen LogP contribution in [0.25, 0.3) is 5.69 Å². The van der Waals surface area contributed by atoms with E-state index in [1.807, 2.05) is 43.5 Å². The first-order valence-corrected chi connectivity index (χ1v) is 5.55. The summed E-state index contributed by atoms with van der Waals surface area (Å²) in [5.41, 5.74) is 1.62. The molecule has 1 unspecified atom stereocenters. The number of rotatable bonds is 4. The van der Waals surface area contributed by atoms with Crippen LogP contribution in [0, 0.1) is 0 Å². The molecule has 0 radical (unpaired) electrons. The largest absolute Gasteiger partial charge is 0.481 e. The predicted octanol–water partition coefficient (Wildman–Crippen LogP) is 2.45. The lowest BCUT2D eigenvalue weighted by Gasteiger charge is -2.15. The van der Waals surface area contributed by atoms with Crippen LogP contribution < -0.4 is 0 Å². The van der Waals surface area contributed by atoms with Gasteiger partial charge in [-0.05, 0) is 24.1 Å². The standard InChI is InChI=1S/C13H14N2O2/c1-2-10(13(16)17)11-6-3-4-7-12(11)15-9-5-8-14-15/h3-10H,2H2,1H3,(H,16,17). The third-order valence-corrected chi connectivity index (χ3v) is 2.77. The van der Waals surface area contributed by atoms with Gasteiger partial charge in [0.15, 0.2) is 0 Å². The number of nitrogens with zero attached hydrogens (tertiary/aromatic N) is 2. The molecule has 0 aliphatic rings. The number of carbonyl (C=O) groups is 1. The molecule has 17 heavy (non-hydrogen) atoms. The number of hydrogen-bond acceptors (Lipinski definition) is 2. The van der Waals surface area contributed by atoms with E-state index in [0.717, 1.165) is 11.3 Å². The molecule has 0 amide bonds. The van der Waals surface area contributed by atoms with E-state index in [0.29, 0.717) is 6.42 Å². The summed E-state index contributed by atoms with van der Waals surface area (Å²) < 4.78 is 1.70. The molecule has 1 aromatic heterocycles. The number of carboxylic acid groups (broad SMARTS) is 1. The van der Waals surface area contributed by atoms with Gasteiger partial charge in [0.25, 0.3) is 0 Å². The zero-order chi connectivity index (χ0) is 12.3. The molecule has 1 atom stereocenters. The SMILES string of the molecule is CCC(C(=O)O)c1ccccc1-n1cccn1. The fourth-order valence-electron chi connectivity index (χ4n) is 1.93. The highest BCUT2D eigenvalue weighted by Gasteiger charge is 2.21. The highest BCUT2D eigenvalue weighted by molar-refractivity contribution is 5.77. The summed E-state index contributed by atoms with van der Waals surface area (Å²) in [5, 5.41) is 13.4. The Kier molecular flexibility index (Phi) is 3.23. The molecule has 0 saturated heterocycles. The van der Waals surface area contributed by atoms with Gasteiger partial charge < -0.3 is 5.11 Å². The second-order valence-electron chi connectivity index (χ2n) is 3.81. The van der Waals surface area contributed by atoms with Crippen LogP contribution in [0.4, 0.5) is 0 Å². The van der Waals surface area contributed by atoms with Crippen molar-refractivity contribution in [3.63, 3.8) is 0 Å². The van der Waals surface area contributed by atoms with E-state index in [9.17, 15) is 9.90 Å². The molecule has 1 heterocycles. The van der Waals surface area contributed by atoms with E-state index in [1.165, 1.54) is 0 Å². The third kappa shape index (κ3) is 2.20. The molecule has 0 aliphatic carbocycles. The maximum absolute atomic E-state index is 11.2. The molecular weight excluding hydrogens is 216 g/mol. The quantitative estimate of drug-likeness (QED) is 0.877. The Hall–Kier alpha value is -2.10. The van der Waals surface area contributed by atoms with E-state index in [1.54, 1.807) is 10.9 Å². The van der Waals surface area contributed by atoms with Gasteiger partial charge in [-0.1, -0.05) is 25.1 Å². The smallest absolute Gasteiger partial charge is 0.311 e. The second kappa shape index (κ2) is 4.82. The van der Waals surface area contributed by atoms with E-state index in [4.69, 9.17) is 0 Å². The highest BCUT2D eigenvalue weighted by atomic mass is 16.4. The van der Waals surface area contributed by atoms with E-state index in [-0.39, 0.29) is 0 Å². The molecule has 4 heteroatoms. The van der Waals surface area contributed by atoms with Crippen LogP contribution >= 0.6 is 0 Å². The highest BCUT2D eigenvalue weighted by Crippen LogP contribution is 2.25. The predicted molar refractivity (Wildman–Crippen MR) is 64.2 cm³/mol. The summed E-state index contributed by atoms with van der Waals surface area (Å²) >= 11 is 0. The molecule has 0 spiro atoms. The van der Waals surface area contributed by atoms with Crippen molar-refractivity contribution >= 4 is 5.97 Å². The Balaban J connectivity index is 2.51. The summed E-state index contributed by atoms with van der Waals surface area (Å²) in [4.78, 5) is 11.2. The maximum atomic E-state index is 11.2. The van der Waals surface area contributed by atoms with Gasteiger partial charge in [-0.15, -0.1) is 0 Å². The molecule has 1 N–H and O–H groups in total. The van der Waals surface area contributed by atoms with E-state index >= 15 is 0 Å². The zero-order valence-corrected chi connectivity index (χ0v) is 9.58. The summed E-state index contributed by atoms with van der Waals surface area (Å²) in [5.74, 6) is -1.29. The lowest BCUT2D eigenvalue weighted by molar-refractivity contribution is -0.138. The lowest BCUT2D eigenvalue weighted by atomic mass is 9.95. The number of aliphatic carboxylic acids is 1. The van der Waals surface area contributed by atoms with Gasteiger partial charge in [0.2, 0.25) is 0 Å². The van der Waals surface area contributed by atoms with Gasteiger partial charge in [-0.3, -0.25) is 4.79 Å². The van der Waals surface area contributed by atoms with Crippen molar-refractivity contribution in [1.82, 2.24) is 9.78 Å². The van der Waals surface area contributed by atoms with Gasteiger partial charge >= 0.3 is 5.97 Å². The first-order valence-electron chi connectivity index (χ1n) is 5.55. The van der Waals surface area contributed by atoms with Crippen molar-refractivity contribution in [1.29, 1.82) is 0 Å². The van der Waals surface area contributed by atoms with Crippen LogP contribution in [-0.2, 0) is 4.79 Å². The molecule has 2 rings (SSSR count). The van der Waals surface area contributed by atoms with Crippen LogP contribution in [0.5, 0.6) is 0 Å². The van der Waals surface area contributed by atoms with Gasteiger partial charge in [-0.2, -0.15) is 5.10 Å². The van der Waals surface area contributed by atoms with Crippen molar-refractivity contribution in [3.05, 3.63) is 48.3 Å². The Morgan fingerprint density at radius 2 is 2.18 bits per heavy atom. The molecule has 0 fully saturated rings. The van der Waals surface area contributed by atoms with Crippen molar-refractivity contribution in [3.8, 4) is 5.69 Å². The van der Waals surface area contributed by atoms with Crippen molar-refractivity contribution in [2.45, 2.75) is 19.3 Å². The zero-order valence-electron chi connectivity index (χ0n) is 9.58. The van der Waals surface area contributed by atoms with Crippen LogP contribution in [0.3, 0.4) is 0 Å². The minimum atomic E-state index is -0.799. The van der Waals surface area contributed by atoms with Crippen LogP contribution in [-0.4, -0.2) is 20.9 Å². The molecule has 0 saturated carbocycles. The maximum Gasteiger partial charge on any atom is 0.311 e. The summed E-state index contributed by atoms with van der Waals surface area (Å²) in [7, 11) is 0. The molecule has 0 bridgehead atoms. The molecule has 4 nitrogen and oxygen atoms in total. The minimum absolute atomic E-state index is 0.490. The van der Waals surface area contributed by atoms with Gasteiger partial charge in [0, 0.05) is 12.4 Å². The molecule has 1 aromatic carbocycles. The van der Waals surface area contributed by atoms with Gasteiger partial charge in [0.05, 0.1) is 11.6 Å². The number of benzene rings is 1.